The van der Waals surface area contributed by atoms with E-state index in [1.54, 1.807) is 0 Å². The number of rotatable bonds is 4. The van der Waals surface area contributed by atoms with Crippen molar-refractivity contribution in [2.24, 2.45) is 0 Å². The molecule has 3 nitrogen and oxygen atoms in total. The lowest BCUT2D eigenvalue weighted by Crippen LogP contribution is -2.42. The summed E-state index contributed by atoms with van der Waals surface area (Å²) in [5, 5.41) is 3.25. The first-order chi connectivity index (χ1) is 7.15. The van der Waals surface area contributed by atoms with E-state index in [0.29, 0.717) is 6.04 Å². The normalized spacial score (nSPS) is 25.8. The lowest BCUT2D eigenvalue weighted by atomic mass is 10.1. The van der Waals surface area contributed by atoms with Gasteiger partial charge in [-0.15, -0.1) is 0 Å². The number of nitrogens with zero attached hydrogens (tertiary/aromatic N) is 2. The lowest BCUT2D eigenvalue weighted by Gasteiger charge is -2.31. The van der Waals surface area contributed by atoms with Crippen LogP contribution in [-0.2, 0) is 0 Å². The van der Waals surface area contributed by atoms with Crippen molar-refractivity contribution >= 4 is 0 Å². The third-order valence-electron chi connectivity index (χ3n) is 3.48. The van der Waals surface area contributed by atoms with E-state index in [2.05, 4.69) is 36.0 Å². The van der Waals surface area contributed by atoms with Crippen LogP contribution in [0.1, 0.15) is 26.7 Å². The summed E-state index contributed by atoms with van der Waals surface area (Å²) in [6.45, 7) is 9.48. The molecule has 1 N–H and O–H groups in total. The maximum Gasteiger partial charge on any atom is 0.0232 e. The molecule has 1 fully saturated rings. The molecule has 1 saturated heterocycles. The van der Waals surface area contributed by atoms with Gasteiger partial charge in [0.05, 0.1) is 0 Å². The van der Waals surface area contributed by atoms with Gasteiger partial charge in [0.2, 0.25) is 0 Å². The molecule has 1 heterocycles. The van der Waals surface area contributed by atoms with Crippen molar-refractivity contribution in [2.45, 2.75) is 38.8 Å². The number of likely N-dealkylation sites (N-methyl/N-ethyl adjacent to an activating group) is 1. The molecule has 0 saturated carbocycles. The minimum Gasteiger partial charge on any atom is -0.320 e. The molecule has 0 radical (unpaired) electrons. The van der Waals surface area contributed by atoms with Gasteiger partial charge in [-0.2, -0.15) is 0 Å². The van der Waals surface area contributed by atoms with Gasteiger partial charge in [0.25, 0.3) is 0 Å². The van der Waals surface area contributed by atoms with Gasteiger partial charge in [0.15, 0.2) is 0 Å². The van der Waals surface area contributed by atoms with Crippen LogP contribution in [0.25, 0.3) is 0 Å². The topological polar surface area (TPSA) is 18.5 Å². The van der Waals surface area contributed by atoms with Gasteiger partial charge in [-0.3, -0.25) is 4.90 Å². The fourth-order valence-electron chi connectivity index (χ4n) is 2.30. The molecule has 1 aliphatic rings. The van der Waals surface area contributed by atoms with Crippen LogP contribution in [0.5, 0.6) is 0 Å². The van der Waals surface area contributed by atoms with Gasteiger partial charge in [-0.1, -0.05) is 0 Å². The molecule has 0 bridgehead atoms. The average Bonchev–Trinajstić information content (AvgIpc) is 2.37. The second-order valence-electron chi connectivity index (χ2n) is 4.97. The van der Waals surface area contributed by atoms with Crippen molar-refractivity contribution in [1.29, 1.82) is 0 Å². The predicted octanol–water partition coefficient (Wildman–Crippen LogP) is 1.01. The number of hydrogen-bond acceptors (Lipinski definition) is 3. The smallest absolute Gasteiger partial charge is 0.0232 e. The highest BCUT2D eigenvalue weighted by Gasteiger charge is 2.22. The van der Waals surface area contributed by atoms with Gasteiger partial charge < -0.3 is 10.2 Å². The Kier molecular flexibility index (Phi) is 5.58. The molecule has 15 heavy (non-hydrogen) atoms. The van der Waals surface area contributed by atoms with Gasteiger partial charge in [-0.05, 0) is 60.4 Å². The Morgan fingerprint density at radius 1 is 1.33 bits per heavy atom. The fraction of sp³-hybridized carbons (Fsp3) is 1.00. The Morgan fingerprint density at radius 2 is 2.07 bits per heavy atom. The van der Waals surface area contributed by atoms with Crippen LogP contribution < -0.4 is 5.32 Å². The molecule has 1 unspecified atom stereocenters. The molecule has 3 heteroatoms. The maximum atomic E-state index is 3.25. The molecule has 90 valence electrons. The lowest BCUT2D eigenvalue weighted by molar-refractivity contribution is 0.174. The molecule has 1 aliphatic heterocycles. The molecular weight excluding hydrogens is 186 g/mol. The van der Waals surface area contributed by atoms with Crippen molar-refractivity contribution in [3.05, 3.63) is 0 Å². The minimum absolute atomic E-state index is 0.689. The Balaban J connectivity index is 2.48. The first kappa shape index (κ1) is 12.9. The highest BCUT2D eigenvalue weighted by molar-refractivity contribution is 4.79. The molecule has 1 atom stereocenters. The van der Waals surface area contributed by atoms with Crippen LogP contribution in [0.2, 0.25) is 0 Å². The predicted molar refractivity (Wildman–Crippen MR) is 66.3 cm³/mol. The Hall–Kier alpha value is -0.120. The van der Waals surface area contributed by atoms with Crippen LogP contribution in [0.3, 0.4) is 0 Å². The van der Waals surface area contributed by atoms with E-state index in [1.165, 1.54) is 32.5 Å². The summed E-state index contributed by atoms with van der Waals surface area (Å²) in [5.41, 5.74) is 0. The van der Waals surface area contributed by atoms with E-state index in [0.717, 1.165) is 12.6 Å². The Morgan fingerprint density at radius 3 is 2.67 bits per heavy atom. The van der Waals surface area contributed by atoms with Crippen molar-refractivity contribution in [1.82, 2.24) is 15.1 Å². The van der Waals surface area contributed by atoms with Gasteiger partial charge in [0.1, 0.15) is 0 Å². The summed E-state index contributed by atoms with van der Waals surface area (Å²) in [6.07, 6.45) is 2.57. The molecule has 0 aliphatic carbocycles. The Labute approximate surface area is 94.8 Å². The summed E-state index contributed by atoms with van der Waals surface area (Å²) >= 11 is 0. The first-order valence-electron chi connectivity index (χ1n) is 6.24. The Bertz CT molecular complexity index is 170. The van der Waals surface area contributed by atoms with E-state index in [1.807, 2.05) is 7.05 Å². The summed E-state index contributed by atoms with van der Waals surface area (Å²) in [7, 11) is 4.31. The summed E-state index contributed by atoms with van der Waals surface area (Å²) < 4.78 is 0. The van der Waals surface area contributed by atoms with E-state index < -0.39 is 0 Å². The van der Waals surface area contributed by atoms with E-state index in [9.17, 15) is 0 Å². The zero-order valence-corrected chi connectivity index (χ0v) is 10.8. The second kappa shape index (κ2) is 6.46. The zero-order valence-electron chi connectivity index (χ0n) is 10.8. The fourth-order valence-corrected chi connectivity index (χ4v) is 2.30. The van der Waals surface area contributed by atoms with Crippen LogP contribution in [0.4, 0.5) is 0 Å². The number of hydrogen-bond donors (Lipinski definition) is 1. The zero-order chi connectivity index (χ0) is 11.3. The van der Waals surface area contributed by atoms with E-state index in [4.69, 9.17) is 0 Å². The summed E-state index contributed by atoms with van der Waals surface area (Å²) in [4.78, 5) is 5.14. The van der Waals surface area contributed by atoms with Crippen LogP contribution in [0.15, 0.2) is 0 Å². The van der Waals surface area contributed by atoms with E-state index in [-0.39, 0.29) is 0 Å². The van der Waals surface area contributed by atoms with Gasteiger partial charge >= 0.3 is 0 Å². The molecule has 0 aromatic rings. The van der Waals surface area contributed by atoms with Crippen molar-refractivity contribution in [3.63, 3.8) is 0 Å². The van der Waals surface area contributed by atoms with E-state index >= 15 is 0 Å². The second-order valence-corrected chi connectivity index (χ2v) is 4.97. The molecule has 0 spiro atoms. The number of nitrogens with one attached hydrogen (secondary N) is 1. The maximum absolute atomic E-state index is 3.25. The highest BCUT2D eigenvalue weighted by atomic mass is 15.2. The van der Waals surface area contributed by atoms with Crippen LogP contribution in [0, 0.1) is 0 Å². The molecule has 1 rings (SSSR count). The molecule has 0 aromatic heterocycles. The largest absolute Gasteiger partial charge is 0.320 e. The van der Waals surface area contributed by atoms with Crippen LogP contribution >= 0.6 is 0 Å². The molecule has 0 amide bonds. The average molecular weight is 213 g/mol. The van der Waals surface area contributed by atoms with Crippen LogP contribution in [-0.4, -0.2) is 62.2 Å². The first-order valence-corrected chi connectivity index (χ1v) is 6.24. The SMILES string of the molecule is CNCCC1CN(C(C)C)CCCN1C. The highest BCUT2D eigenvalue weighted by Crippen LogP contribution is 2.13. The third kappa shape index (κ3) is 4.09. The van der Waals surface area contributed by atoms with Gasteiger partial charge in [0, 0.05) is 18.6 Å². The molecular formula is C12H27N3. The molecule has 0 aromatic carbocycles. The summed E-state index contributed by atoms with van der Waals surface area (Å²) in [5.74, 6) is 0. The quantitative estimate of drug-likeness (QED) is 0.752. The monoisotopic (exact) mass is 213 g/mol. The van der Waals surface area contributed by atoms with Crippen molar-refractivity contribution in [3.8, 4) is 0 Å². The summed E-state index contributed by atoms with van der Waals surface area (Å²) in [6, 6.07) is 1.41. The van der Waals surface area contributed by atoms with Crippen molar-refractivity contribution < 1.29 is 0 Å². The minimum atomic E-state index is 0.689. The standard InChI is InChI=1S/C12H27N3/c1-11(2)15-9-5-8-14(4)12(10-15)6-7-13-3/h11-13H,5-10H2,1-4H3. The van der Waals surface area contributed by atoms with Gasteiger partial charge in [-0.25, -0.2) is 0 Å². The third-order valence-corrected chi connectivity index (χ3v) is 3.48. The van der Waals surface area contributed by atoms with Crippen molar-refractivity contribution in [2.75, 3.05) is 40.3 Å².